The van der Waals surface area contributed by atoms with Crippen LogP contribution in [-0.4, -0.2) is 64.3 Å². The van der Waals surface area contributed by atoms with Crippen molar-refractivity contribution in [2.75, 3.05) is 31.5 Å². The van der Waals surface area contributed by atoms with Gasteiger partial charge in [0.05, 0.1) is 11.7 Å². The van der Waals surface area contributed by atoms with Gasteiger partial charge in [-0.3, -0.25) is 4.79 Å². The third-order valence-electron chi connectivity index (χ3n) is 5.96. The summed E-state index contributed by atoms with van der Waals surface area (Å²) >= 11 is 0. The molecule has 1 aromatic rings. The van der Waals surface area contributed by atoms with Crippen molar-refractivity contribution in [3.63, 3.8) is 0 Å². The number of hydrogen-bond donors (Lipinski definition) is 2. The molecule has 27 heavy (non-hydrogen) atoms. The molecule has 2 N–H and O–H groups in total. The predicted molar refractivity (Wildman–Crippen MR) is 104 cm³/mol. The number of fused-ring (bicyclic) bond motifs is 1. The third kappa shape index (κ3) is 3.76. The van der Waals surface area contributed by atoms with Crippen LogP contribution in [0.25, 0.3) is 0 Å². The lowest BCUT2D eigenvalue weighted by Gasteiger charge is -2.31. The highest BCUT2D eigenvalue weighted by molar-refractivity contribution is 5.78. The third-order valence-corrected chi connectivity index (χ3v) is 5.96. The smallest absolute Gasteiger partial charge is 0.222 e. The minimum atomic E-state index is -0.0942. The van der Waals surface area contributed by atoms with Gasteiger partial charge in [-0.25, -0.2) is 20.5 Å². The summed E-state index contributed by atoms with van der Waals surface area (Å²) in [5.41, 5.74) is 4.37. The average Bonchev–Trinajstić information content (AvgIpc) is 3.13. The molecule has 0 saturated carbocycles. The van der Waals surface area contributed by atoms with Crippen LogP contribution in [0, 0.1) is 0 Å². The fraction of sp³-hybridized carbons (Fsp3) is 0.684. The van der Waals surface area contributed by atoms with E-state index in [1.54, 1.807) is 0 Å². The highest BCUT2D eigenvalue weighted by Gasteiger charge is 2.46. The van der Waals surface area contributed by atoms with E-state index >= 15 is 0 Å². The van der Waals surface area contributed by atoms with Gasteiger partial charge in [0.2, 0.25) is 11.9 Å². The van der Waals surface area contributed by atoms with Crippen LogP contribution in [0.15, 0.2) is 17.4 Å². The van der Waals surface area contributed by atoms with Crippen LogP contribution in [-0.2, 0) is 10.2 Å². The molecule has 0 spiro atoms. The van der Waals surface area contributed by atoms with Crippen molar-refractivity contribution in [1.82, 2.24) is 25.4 Å². The number of amides is 1. The topological polar surface area (TPSA) is 85.8 Å². The molecule has 8 heteroatoms. The van der Waals surface area contributed by atoms with Crippen LogP contribution in [0.4, 0.5) is 5.95 Å². The zero-order chi connectivity index (χ0) is 18.7. The first-order valence-electron chi connectivity index (χ1n) is 10.1. The van der Waals surface area contributed by atoms with E-state index in [1.807, 2.05) is 28.5 Å². The first kappa shape index (κ1) is 18.2. The summed E-state index contributed by atoms with van der Waals surface area (Å²) in [7, 11) is 0. The van der Waals surface area contributed by atoms with Gasteiger partial charge in [-0.2, -0.15) is 5.10 Å². The van der Waals surface area contributed by atoms with E-state index < -0.39 is 0 Å². The monoisotopic (exact) mass is 371 g/mol. The van der Waals surface area contributed by atoms with Crippen molar-refractivity contribution in [3.05, 3.63) is 18.0 Å². The molecule has 0 radical (unpaired) electrons. The van der Waals surface area contributed by atoms with Crippen LogP contribution in [0.1, 0.15) is 51.1 Å². The molecule has 4 rings (SSSR count). The summed E-state index contributed by atoms with van der Waals surface area (Å²) in [4.78, 5) is 22.8. The molecule has 2 unspecified atom stereocenters. The minimum Gasteiger partial charge on any atom is -0.354 e. The Labute approximate surface area is 160 Å². The van der Waals surface area contributed by atoms with Crippen LogP contribution in [0.5, 0.6) is 0 Å². The van der Waals surface area contributed by atoms with Gasteiger partial charge in [0, 0.05) is 50.4 Å². The van der Waals surface area contributed by atoms with E-state index in [1.165, 1.54) is 0 Å². The predicted octanol–water partition coefficient (Wildman–Crippen LogP) is 1.52. The van der Waals surface area contributed by atoms with Crippen LogP contribution < -0.4 is 10.7 Å². The molecule has 8 nitrogen and oxygen atoms in total. The second kappa shape index (κ2) is 7.80. The van der Waals surface area contributed by atoms with Crippen LogP contribution in [0.3, 0.4) is 0 Å². The molecule has 0 aliphatic carbocycles. The van der Waals surface area contributed by atoms with E-state index in [0.717, 1.165) is 64.0 Å². The SMILES string of the molecule is CC1(c2ccnc(NCCCN3CCCC3=O)n2)CNN2N=CCCCC21. The Hall–Kier alpha value is -2.22. The normalized spacial score (nSPS) is 27.7. The van der Waals surface area contributed by atoms with Gasteiger partial charge < -0.3 is 10.2 Å². The molecule has 0 aromatic carbocycles. The molecule has 4 heterocycles. The highest BCUT2D eigenvalue weighted by atomic mass is 16.2. The number of nitrogens with one attached hydrogen (secondary N) is 2. The summed E-state index contributed by atoms with van der Waals surface area (Å²) in [6, 6.07) is 2.33. The number of aromatic nitrogens is 2. The number of rotatable bonds is 6. The molecule has 3 aliphatic rings. The Balaban J connectivity index is 1.37. The lowest BCUT2D eigenvalue weighted by Crippen LogP contribution is -2.40. The summed E-state index contributed by atoms with van der Waals surface area (Å²) in [6.45, 7) is 5.56. The number of anilines is 1. The van der Waals surface area contributed by atoms with Crippen LogP contribution in [0.2, 0.25) is 0 Å². The lowest BCUT2D eigenvalue weighted by molar-refractivity contribution is -0.127. The van der Waals surface area contributed by atoms with Crippen molar-refractivity contribution < 1.29 is 4.79 Å². The van der Waals surface area contributed by atoms with E-state index in [4.69, 9.17) is 4.98 Å². The Kier molecular flexibility index (Phi) is 5.24. The number of likely N-dealkylation sites (tertiary alicyclic amines) is 1. The molecule has 3 aliphatic heterocycles. The fourth-order valence-electron chi connectivity index (χ4n) is 4.29. The minimum absolute atomic E-state index is 0.0942. The van der Waals surface area contributed by atoms with Gasteiger partial charge in [0.25, 0.3) is 0 Å². The first-order chi connectivity index (χ1) is 13.2. The van der Waals surface area contributed by atoms with Gasteiger partial charge >= 0.3 is 0 Å². The maximum Gasteiger partial charge on any atom is 0.222 e. The maximum absolute atomic E-state index is 11.7. The number of hydrogen-bond acceptors (Lipinski definition) is 7. The second-order valence-corrected chi connectivity index (χ2v) is 7.87. The summed E-state index contributed by atoms with van der Waals surface area (Å²) in [5, 5.41) is 9.87. The summed E-state index contributed by atoms with van der Waals surface area (Å²) < 4.78 is 0. The van der Waals surface area contributed by atoms with E-state index in [0.29, 0.717) is 18.4 Å². The quantitative estimate of drug-likeness (QED) is 0.738. The number of nitrogens with zero attached hydrogens (tertiary/aromatic N) is 5. The molecule has 1 aromatic heterocycles. The number of carbonyl (C=O) groups excluding carboxylic acids is 1. The summed E-state index contributed by atoms with van der Waals surface area (Å²) in [6.07, 6.45) is 9.71. The first-order valence-corrected chi connectivity index (χ1v) is 10.1. The molecule has 1 amide bonds. The zero-order valence-corrected chi connectivity index (χ0v) is 16.0. The molecule has 2 fully saturated rings. The van der Waals surface area contributed by atoms with E-state index in [9.17, 15) is 4.79 Å². The molecular formula is C19H29N7O. The van der Waals surface area contributed by atoms with Crippen molar-refractivity contribution in [2.24, 2.45) is 5.10 Å². The van der Waals surface area contributed by atoms with Gasteiger partial charge in [0.1, 0.15) is 0 Å². The Morgan fingerprint density at radius 3 is 3.19 bits per heavy atom. The molecule has 146 valence electrons. The fourth-order valence-corrected chi connectivity index (χ4v) is 4.29. The van der Waals surface area contributed by atoms with Gasteiger partial charge in [0.15, 0.2) is 0 Å². The largest absolute Gasteiger partial charge is 0.354 e. The van der Waals surface area contributed by atoms with Crippen molar-refractivity contribution >= 4 is 18.1 Å². The molecular weight excluding hydrogens is 342 g/mol. The van der Waals surface area contributed by atoms with Gasteiger partial charge in [-0.05, 0) is 38.2 Å². The lowest BCUT2D eigenvalue weighted by atomic mass is 9.78. The van der Waals surface area contributed by atoms with Gasteiger partial charge in [-0.1, -0.05) is 6.92 Å². The summed E-state index contributed by atoms with van der Waals surface area (Å²) in [5.74, 6) is 0.947. The Bertz CT molecular complexity index is 709. The van der Waals surface area contributed by atoms with Crippen molar-refractivity contribution in [1.29, 1.82) is 0 Å². The second-order valence-electron chi connectivity index (χ2n) is 7.87. The maximum atomic E-state index is 11.7. The van der Waals surface area contributed by atoms with E-state index in [-0.39, 0.29) is 11.3 Å². The van der Waals surface area contributed by atoms with E-state index in [2.05, 4.69) is 27.8 Å². The number of hydrazine groups is 1. The Morgan fingerprint density at radius 1 is 1.41 bits per heavy atom. The Morgan fingerprint density at radius 2 is 2.33 bits per heavy atom. The van der Waals surface area contributed by atoms with Crippen molar-refractivity contribution in [2.45, 2.75) is 56.9 Å². The van der Waals surface area contributed by atoms with Crippen LogP contribution >= 0.6 is 0 Å². The molecule has 2 saturated heterocycles. The molecule has 2 atom stereocenters. The molecule has 0 bridgehead atoms. The van der Waals surface area contributed by atoms with Gasteiger partial charge in [-0.15, -0.1) is 0 Å². The standard InChI is InChI=1S/C19H29N7O/c1-19(14-23-26-16(19)6-2-3-10-22-26)15-8-11-21-18(24-15)20-9-5-13-25-12-4-7-17(25)27/h8,10-11,16,23H,2-7,9,12-14H2,1H3,(H,20,21,24). The number of carbonyl (C=O) groups is 1. The zero-order valence-electron chi connectivity index (χ0n) is 16.0. The van der Waals surface area contributed by atoms with Crippen molar-refractivity contribution in [3.8, 4) is 0 Å². The average molecular weight is 371 g/mol. The highest BCUT2D eigenvalue weighted by Crippen LogP contribution is 2.36. The number of hydrazone groups is 1.